The molecule has 0 spiro atoms. The van der Waals surface area contributed by atoms with Crippen LogP contribution in [0.25, 0.3) is 0 Å². The molecule has 0 aromatic heterocycles. The van der Waals surface area contributed by atoms with E-state index in [2.05, 4.69) is 17.2 Å². The number of nitrogens with one attached hydrogen (secondary N) is 2. The Morgan fingerprint density at radius 3 is 2.95 bits per heavy atom. The Morgan fingerprint density at radius 1 is 1.50 bits per heavy atom. The standard InChI is InChI=1S/C15H19FN2O2/c1-2-7-17-15(19)10-20-14-6-3-11(8-13(14)16)9-18-12-4-5-12/h2-3,6,8,12,18H,1,4-5,7,9-10H2,(H,17,19). The number of amides is 1. The molecule has 1 aliphatic rings. The summed E-state index contributed by atoms with van der Waals surface area (Å²) in [6.45, 7) is 4.31. The molecule has 0 bridgehead atoms. The molecular formula is C15H19FN2O2. The van der Waals surface area contributed by atoms with Crippen LogP contribution in [-0.4, -0.2) is 25.1 Å². The number of benzene rings is 1. The quantitative estimate of drug-likeness (QED) is 0.712. The van der Waals surface area contributed by atoms with E-state index in [9.17, 15) is 9.18 Å². The van der Waals surface area contributed by atoms with Gasteiger partial charge in [-0.3, -0.25) is 4.79 Å². The Hall–Kier alpha value is -1.88. The molecule has 1 aromatic carbocycles. The summed E-state index contributed by atoms with van der Waals surface area (Å²) in [5.74, 6) is -0.658. The van der Waals surface area contributed by atoms with Crippen LogP contribution in [0.4, 0.5) is 4.39 Å². The highest BCUT2D eigenvalue weighted by molar-refractivity contribution is 5.77. The van der Waals surface area contributed by atoms with Gasteiger partial charge in [-0.1, -0.05) is 12.1 Å². The molecule has 5 heteroatoms. The number of halogens is 1. The third-order valence-electron chi connectivity index (χ3n) is 2.97. The van der Waals surface area contributed by atoms with Crippen molar-refractivity contribution in [2.45, 2.75) is 25.4 Å². The fourth-order valence-corrected chi connectivity index (χ4v) is 1.70. The van der Waals surface area contributed by atoms with Crippen molar-refractivity contribution in [2.24, 2.45) is 0 Å². The second-order valence-corrected chi connectivity index (χ2v) is 4.80. The fourth-order valence-electron chi connectivity index (χ4n) is 1.70. The van der Waals surface area contributed by atoms with Crippen molar-refractivity contribution in [3.05, 3.63) is 42.2 Å². The number of ether oxygens (including phenoxy) is 1. The molecule has 1 saturated carbocycles. The van der Waals surface area contributed by atoms with E-state index in [-0.39, 0.29) is 18.3 Å². The number of hydrogen-bond donors (Lipinski definition) is 2. The third-order valence-corrected chi connectivity index (χ3v) is 2.97. The van der Waals surface area contributed by atoms with E-state index in [1.54, 1.807) is 18.2 Å². The zero-order valence-electron chi connectivity index (χ0n) is 11.3. The minimum atomic E-state index is -0.448. The van der Waals surface area contributed by atoms with E-state index < -0.39 is 5.82 Å². The lowest BCUT2D eigenvalue weighted by Gasteiger charge is -2.09. The summed E-state index contributed by atoms with van der Waals surface area (Å²) < 4.78 is 18.9. The van der Waals surface area contributed by atoms with Gasteiger partial charge in [0.05, 0.1) is 0 Å². The lowest BCUT2D eigenvalue weighted by molar-refractivity contribution is -0.122. The lowest BCUT2D eigenvalue weighted by atomic mass is 10.2. The number of carbonyl (C=O) groups excluding carboxylic acids is 1. The molecule has 1 aliphatic carbocycles. The zero-order chi connectivity index (χ0) is 14.4. The Morgan fingerprint density at radius 2 is 2.30 bits per heavy atom. The van der Waals surface area contributed by atoms with E-state index in [4.69, 9.17) is 4.74 Å². The van der Waals surface area contributed by atoms with Gasteiger partial charge in [0.2, 0.25) is 0 Å². The Kier molecular flexibility index (Phi) is 5.12. The molecule has 1 aromatic rings. The van der Waals surface area contributed by atoms with Crippen LogP contribution in [0, 0.1) is 5.82 Å². The maximum absolute atomic E-state index is 13.8. The Labute approximate surface area is 118 Å². The molecule has 0 aliphatic heterocycles. The molecule has 0 radical (unpaired) electrons. The summed E-state index contributed by atoms with van der Waals surface area (Å²) >= 11 is 0. The average Bonchev–Trinajstić information content (AvgIpc) is 3.26. The van der Waals surface area contributed by atoms with E-state index >= 15 is 0 Å². The van der Waals surface area contributed by atoms with Gasteiger partial charge in [0.25, 0.3) is 5.91 Å². The van der Waals surface area contributed by atoms with Gasteiger partial charge in [0.15, 0.2) is 18.2 Å². The van der Waals surface area contributed by atoms with Crippen molar-refractivity contribution in [3.8, 4) is 5.75 Å². The molecule has 20 heavy (non-hydrogen) atoms. The van der Waals surface area contributed by atoms with Gasteiger partial charge in [0.1, 0.15) is 0 Å². The molecular weight excluding hydrogens is 259 g/mol. The maximum Gasteiger partial charge on any atom is 0.258 e. The second kappa shape index (κ2) is 7.05. The van der Waals surface area contributed by atoms with Crippen LogP contribution < -0.4 is 15.4 Å². The first-order chi connectivity index (χ1) is 9.69. The highest BCUT2D eigenvalue weighted by atomic mass is 19.1. The summed E-state index contributed by atoms with van der Waals surface area (Å²) in [5, 5.41) is 5.87. The molecule has 0 saturated heterocycles. The van der Waals surface area contributed by atoms with Gasteiger partial charge in [-0.05, 0) is 30.5 Å². The minimum absolute atomic E-state index is 0.0916. The normalized spacial score (nSPS) is 13.8. The minimum Gasteiger partial charge on any atom is -0.481 e. The molecule has 0 heterocycles. The largest absolute Gasteiger partial charge is 0.481 e. The van der Waals surface area contributed by atoms with Crippen molar-refractivity contribution in [2.75, 3.05) is 13.2 Å². The van der Waals surface area contributed by atoms with Crippen LogP contribution in [0.1, 0.15) is 18.4 Å². The van der Waals surface area contributed by atoms with Gasteiger partial charge in [0, 0.05) is 19.1 Å². The summed E-state index contributed by atoms with van der Waals surface area (Å²) in [6, 6.07) is 5.38. The first kappa shape index (κ1) is 14.5. The van der Waals surface area contributed by atoms with Gasteiger partial charge < -0.3 is 15.4 Å². The summed E-state index contributed by atoms with van der Waals surface area (Å²) in [7, 11) is 0. The monoisotopic (exact) mass is 278 g/mol. The SMILES string of the molecule is C=CCNC(=O)COc1ccc(CNC2CC2)cc1F. The van der Waals surface area contributed by atoms with Crippen LogP contribution in [0.5, 0.6) is 5.75 Å². The van der Waals surface area contributed by atoms with Crippen LogP contribution in [-0.2, 0) is 11.3 Å². The van der Waals surface area contributed by atoms with Crippen molar-refractivity contribution in [1.82, 2.24) is 10.6 Å². The maximum atomic E-state index is 13.8. The molecule has 1 fully saturated rings. The molecule has 1 amide bonds. The van der Waals surface area contributed by atoms with Gasteiger partial charge in [-0.25, -0.2) is 4.39 Å². The second-order valence-electron chi connectivity index (χ2n) is 4.80. The molecule has 108 valence electrons. The van der Waals surface area contributed by atoms with E-state index in [1.807, 2.05) is 0 Å². The molecule has 0 unspecified atom stereocenters. The third kappa shape index (κ3) is 4.66. The molecule has 0 atom stereocenters. The summed E-state index contributed by atoms with van der Waals surface area (Å²) in [4.78, 5) is 11.3. The van der Waals surface area contributed by atoms with Crippen molar-refractivity contribution in [1.29, 1.82) is 0 Å². The fraction of sp³-hybridized carbons (Fsp3) is 0.400. The average molecular weight is 278 g/mol. The first-order valence-electron chi connectivity index (χ1n) is 6.71. The Balaban J connectivity index is 1.81. The zero-order valence-corrected chi connectivity index (χ0v) is 11.3. The van der Waals surface area contributed by atoms with E-state index in [0.29, 0.717) is 19.1 Å². The van der Waals surface area contributed by atoms with Gasteiger partial charge in [-0.2, -0.15) is 0 Å². The van der Waals surface area contributed by atoms with Crippen molar-refractivity contribution < 1.29 is 13.9 Å². The smallest absolute Gasteiger partial charge is 0.258 e. The van der Waals surface area contributed by atoms with Crippen LogP contribution >= 0.6 is 0 Å². The van der Waals surface area contributed by atoms with E-state index in [0.717, 1.165) is 5.56 Å². The Bertz CT molecular complexity index is 487. The lowest BCUT2D eigenvalue weighted by Crippen LogP contribution is -2.28. The van der Waals surface area contributed by atoms with Crippen LogP contribution in [0.15, 0.2) is 30.9 Å². The van der Waals surface area contributed by atoms with Crippen molar-refractivity contribution in [3.63, 3.8) is 0 Å². The van der Waals surface area contributed by atoms with Gasteiger partial charge >= 0.3 is 0 Å². The van der Waals surface area contributed by atoms with Crippen LogP contribution in [0.3, 0.4) is 0 Å². The molecule has 2 rings (SSSR count). The van der Waals surface area contributed by atoms with E-state index in [1.165, 1.54) is 18.9 Å². The predicted octanol–water partition coefficient (Wildman–Crippen LogP) is 1.76. The molecule has 2 N–H and O–H groups in total. The summed E-state index contributed by atoms with van der Waals surface area (Å²) in [5.41, 5.74) is 0.873. The van der Waals surface area contributed by atoms with Gasteiger partial charge in [-0.15, -0.1) is 6.58 Å². The summed E-state index contributed by atoms with van der Waals surface area (Å²) in [6.07, 6.45) is 3.97. The predicted molar refractivity (Wildman–Crippen MR) is 75.0 cm³/mol. The number of rotatable bonds is 8. The topological polar surface area (TPSA) is 50.4 Å². The number of hydrogen-bond acceptors (Lipinski definition) is 3. The first-order valence-corrected chi connectivity index (χ1v) is 6.71. The van der Waals surface area contributed by atoms with Crippen LogP contribution in [0.2, 0.25) is 0 Å². The highest BCUT2D eigenvalue weighted by Gasteiger charge is 2.20. The number of carbonyl (C=O) groups is 1. The highest BCUT2D eigenvalue weighted by Crippen LogP contribution is 2.21. The van der Waals surface area contributed by atoms with Crippen molar-refractivity contribution >= 4 is 5.91 Å². The molecule has 4 nitrogen and oxygen atoms in total.